The van der Waals surface area contributed by atoms with Gasteiger partial charge in [-0.3, -0.25) is 24.1 Å². The quantitative estimate of drug-likeness (QED) is 0.613. The van der Waals surface area contributed by atoms with Gasteiger partial charge in [0.2, 0.25) is 0 Å². The van der Waals surface area contributed by atoms with E-state index in [1.54, 1.807) is 30.3 Å². The first-order valence-corrected chi connectivity index (χ1v) is 8.95. The highest BCUT2D eigenvalue weighted by Gasteiger charge is 2.37. The third kappa shape index (κ3) is 3.93. The molecule has 1 aliphatic rings. The molecule has 3 rings (SSSR count). The summed E-state index contributed by atoms with van der Waals surface area (Å²) in [5.41, 5.74) is 2.35. The second-order valence-corrected chi connectivity index (χ2v) is 6.41. The molecule has 0 unspecified atom stereocenters. The van der Waals surface area contributed by atoms with Crippen LogP contribution in [-0.4, -0.2) is 36.2 Å². The fourth-order valence-electron chi connectivity index (χ4n) is 2.89. The van der Waals surface area contributed by atoms with Crippen molar-refractivity contribution in [2.45, 2.75) is 26.4 Å². The maximum Gasteiger partial charge on any atom is 0.326 e. The van der Waals surface area contributed by atoms with Crippen LogP contribution in [-0.2, 0) is 25.5 Å². The average molecular weight is 380 g/mol. The van der Waals surface area contributed by atoms with Gasteiger partial charge >= 0.3 is 5.97 Å². The highest BCUT2D eigenvalue weighted by molar-refractivity contribution is 6.52. The summed E-state index contributed by atoms with van der Waals surface area (Å²) in [5.74, 6) is -2.71. The van der Waals surface area contributed by atoms with Gasteiger partial charge in [-0.15, -0.1) is 0 Å². The van der Waals surface area contributed by atoms with Crippen molar-refractivity contribution in [3.8, 4) is 0 Å². The summed E-state index contributed by atoms with van der Waals surface area (Å²) < 4.78 is 5.13. The molecule has 1 heterocycles. The lowest BCUT2D eigenvalue weighted by Gasteiger charge is -2.18. The third-order valence-electron chi connectivity index (χ3n) is 4.47. The normalized spacial score (nSPS) is 13.9. The Morgan fingerprint density at radius 2 is 1.75 bits per heavy atom. The van der Waals surface area contributed by atoms with Crippen LogP contribution in [0.1, 0.15) is 29.8 Å². The van der Waals surface area contributed by atoms with Gasteiger partial charge in [0.25, 0.3) is 17.6 Å². The molecule has 2 aromatic rings. The predicted molar refractivity (Wildman–Crippen MR) is 103 cm³/mol. The second-order valence-electron chi connectivity index (χ2n) is 6.41. The number of amides is 2. The summed E-state index contributed by atoms with van der Waals surface area (Å²) in [6, 6.07) is 13.8. The second kappa shape index (κ2) is 8.04. The number of nitrogens with zero attached hydrogens (tertiary/aromatic N) is 1. The van der Waals surface area contributed by atoms with E-state index >= 15 is 0 Å². The molecule has 1 N–H and O–H groups in total. The predicted octanol–water partition coefficient (Wildman–Crippen LogP) is 2.35. The Balaban J connectivity index is 1.59. The van der Waals surface area contributed by atoms with Crippen molar-refractivity contribution in [1.82, 2.24) is 0 Å². The third-order valence-corrected chi connectivity index (χ3v) is 4.47. The zero-order valence-electron chi connectivity index (χ0n) is 15.6. The molecular formula is C21H20N2O5. The van der Waals surface area contributed by atoms with Gasteiger partial charge in [0.05, 0.1) is 11.3 Å². The van der Waals surface area contributed by atoms with Gasteiger partial charge in [-0.2, -0.15) is 0 Å². The molecule has 2 aromatic carbocycles. The fourth-order valence-corrected chi connectivity index (χ4v) is 2.89. The maximum absolute atomic E-state index is 12.2. The highest BCUT2D eigenvalue weighted by atomic mass is 16.5. The van der Waals surface area contributed by atoms with Crippen LogP contribution >= 0.6 is 0 Å². The van der Waals surface area contributed by atoms with Crippen molar-refractivity contribution < 1.29 is 23.9 Å². The van der Waals surface area contributed by atoms with Gasteiger partial charge in [0.1, 0.15) is 6.54 Å². The van der Waals surface area contributed by atoms with E-state index in [0.29, 0.717) is 11.4 Å². The van der Waals surface area contributed by atoms with Crippen LogP contribution in [0.2, 0.25) is 0 Å². The molecule has 0 aliphatic carbocycles. The summed E-state index contributed by atoms with van der Waals surface area (Å²) in [4.78, 5) is 49.6. The first kappa shape index (κ1) is 19.3. The van der Waals surface area contributed by atoms with Crippen LogP contribution in [0.4, 0.5) is 11.4 Å². The van der Waals surface area contributed by atoms with E-state index in [0.717, 1.165) is 16.9 Å². The maximum atomic E-state index is 12.2. The van der Waals surface area contributed by atoms with E-state index in [1.165, 1.54) is 13.0 Å². The minimum absolute atomic E-state index is 0.251. The molecule has 0 saturated carbocycles. The number of benzene rings is 2. The number of hydrogen-bond donors (Lipinski definition) is 1. The summed E-state index contributed by atoms with van der Waals surface area (Å²) in [6.45, 7) is 3.04. The lowest BCUT2D eigenvalue weighted by Crippen LogP contribution is -2.38. The number of carbonyl (C=O) groups is 4. The zero-order valence-corrected chi connectivity index (χ0v) is 15.6. The zero-order chi connectivity index (χ0) is 20.3. The molecule has 144 valence electrons. The first-order chi connectivity index (χ1) is 13.4. The standard InChI is InChI=1S/C21H20N2O5/c1-3-14-8-10-15(11-9-14)22-20(26)13(2)28-18(24)12-23-17-7-5-4-6-16(17)19(25)21(23)27/h4-11,13H,3,12H2,1-2H3,(H,22,26)/t13-/m1/s1. The monoisotopic (exact) mass is 380 g/mol. The summed E-state index contributed by atoms with van der Waals surface area (Å²) >= 11 is 0. The number of carbonyl (C=O) groups excluding carboxylic acids is 4. The summed E-state index contributed by atoms with van der Waals surface area (Å²) in [5, 5.41) is 2.67. The smallest absolute Gasteiger partial charge is 0.326 e. The van der Waals surface area contributed by atoms with Crippen LogP contribution in [0.15, 0.2) is 48.5 Å². The van der Waals surface area contributed by atoms with E-state index in [1.807, 2.05) is 19.1 Å². The largest absolute Gasteiger partial charge is 0.451 e. The van der Waals surface area contributed by atoms with Crippen molar-refractivity contribution >= 4 is 34.9 Å². The number of fused-ring (bicyclic) bond motifs is 1. The highest BCUT2D eigenvalue weighted by Crippen LogP contribution is 2.28. The van der Waals surface area contributed by atoms with Crippen LogP contribution in [0, 0.1) is 0 Å². The summed E-state index contributed by atoms with van der Waals surface area (Å²) in [7, 11) is 0. The van der Waals surface area contributed by atoms with Gasteiger partial charge in [0.15, 0.2) is 6.10 Å². The lowest BCUT2D eigenvalue weighted by atomic mass is 10.1. The SMILES string of the molecule is CCc1ccc(NC(=O)[C@@H](C)OC(=O)CN2C(=O)C(=O)c3ccccc32)cc1. The topological polar surface area (TPSA) is 92.8 Å². The van der Waals surface area contributed by atoms with Gasteiger partial charge in [-0.25, -0.2) is 0 Å². The Bertz CT molecular complexity index is 936. The van der Waals surface area contributed by atoms with Crippen LogP contribution in [0.25, 0.3) is 0 Å². The number of aryl methyl sites for hydroxylation is 1. The molecule has 0 saturated heterocycles. The molecular weight excluding hydrogens is 360 g/mol. The van der Waals surface area contributed by atoms with Crippen molar-refractivity contribution in [2.75, 3.05) is 16.8 Å². The molecule has 1 aliphatic heterocycles. The van der Waals surface area contributed by atoms with Gasteiger partial charge < -0.3 is 10.1 Å². The Labute approximate surface area is 162 Å². The van der Waals surface area contributed by atoms with Gasteiger partial charge in [-0.05, 0) is 43.2 Å². The molecule has 0 bridgehead atoms. The molecule has 7 heteroatoms. The van der Waals surface area contributed by atoms with E-state index in [4.69, 9.17) is 4.74 Å². The number of nitrogens with one attached hydrogen (secondary N) is 1. The number of ketones is 1. The van der Waals surface area contributed by atoms with Gasteiger partial charge in [-0.1, -0.05) is 31.2 Å². The van der Waals surface area contributed by atoms with Crippen LogP contribution < -0.4 is 10.2 Å². The van der Waals surface area contributed by atoms with E-state index in [-0.39, 0.29) is 5.56 Å². The molecule has 0 aromatic heterocycles. The number of ether oxygens (including phenoxy) is 1. The number of anilines is 2. The minimum Gasteiger partial charge on any atom is -0.451 e. The molecule has 28 heavy (non-hydrogen) atoms. The molecule has 0 spiro atoms. The van der Waals surface area contributed by atoms with E-state index in [9.17, 15) is 19.2 Å². The Kier molecular flexibility index (Phi) is 5.54. The fraction of sp³-hybridized carbons (Fsp3) is 0.238. The molecule has 1 atom stereocenters. The minimum atomic E-state index is -1.05. The molecule has 0 radical (unpaired) electrons. The number of hydrogen-bond acceptors (Lipinski definition) is 5. The van der Waals surface area contributed by atoms with Crippen LogP contribution in [0.5, 0.6) is 0 Å². The Morgan fingerprint density at radius 3 is 2.43 bits per heavy atom. The van der Waals surface area contributed by atoms with E-state index < -0.39 is 36.2 Å². The molecule has 2 amide bonds. The van der Waals surface area contributed by atoms with E-state index in [2.05, 4.69) is 5.32 Å². The Hall–Kier alpha value is -3.48. The van der Waals surface area contributed by atoms with Crippen molar-refractivity contribution in [2.24, 2.45) is 0 Å². The number of Topliss-reactive ketones (excluding diaryl/α,β-unsaturated/α-hetero) is 1. The molecule has 7 nitrogen and oxygen atoms in total. The number of esters is 1. The number of para-hydroxylation sites is 1. The number of rotatable bonds is 6. The van der Waals surface area contributed by atoms with Crippen LogP contribution in [0.3, 0.4) is 0 Å². The van der Waals surface area contributed by atoms with Gasteiger partial charge in [0, 0.05) is 5.69 Å². The molecule has 0 fully saturated rings. The first-order valence-electron chi connectivity index (χ1n) is 8.95. The lowest BCUT2D eigenvalue weighted by molar-refractivity contribution is -0.152. The average Bonchev–Trinajstić information content (AvgIpc) is 2.93. The van der Waals surface area contributed by atoms with Crippen molar-refractivity contribution in [3.63, 3.8) is 0 Å². The Morgan fingerprint density at radius 1 is 1.07 bits per heavy atom. The van der Waals surface area contributed by atoms with Crippen molar-refractivity contribution in [3.05, 3.63) is 59.7 Å². The summed E-state index contributed by atoms with van der Waals surface area (Å²) in [6.07, 6.45) is -0.162. The van der Waals surface area contributed by atoms with Crippen molar-refractivity contribution in [1.29, 1.82) is 0 Å².